The molecule has 32 heavy (non-hydrogen) atoms. The van der Waals surface area contributed by atoms with Gasteiger partial charge in [-0.3, -0.25) is 9.62 Å². The van der Waals surface area contributed by atoms with Gasteiger partial charge >= 0.3 is 0 Å². The van der Waals surface area contributed by atoms with Crippen LogP contribution in [0.25, 0.3) is 0 Å². The number of benzene rings is 1. The molecule has 1 unspecified atom stereocenters. The summed E-state index contributed by atoms with van der Waals surface area (Å²) in [5, 5.41) is 1.05. The predicted octanol–water partition coefficient (Wildman–Crippen LogP) is 3.99. The zero-order valence-corrected chi connectivity index (χ0v) is 19.0. The van der Waals surface area contributed by atoms with Gasteiger partial charge in [0.05, 0.1) is 17.4 Å². The number of hydrogen-bond donors (Lipinski definition) is 1. The van der Waals surface area contributed by atoms with Crippen LogP contribution in [0.15, 0.2) is 58.5 Å². The van der Waals surface area contributed by atoms with Crippen molar-refractivity contribution in [2.45, 2.75) is 30.5 Å². The summed E-state index contributed by atoms with van der Waals surface area (Å²) in [6, 6.07) is 11.1. The molecule has 1 atom stereocenters. The van der Waals surface area contributed by atoms with Crippen LogP contribution in [0.1, 0.15) is 24.0 Å². The molecule has 0 bridgehead atoms. The van der Waals surface area contributed by atoms with E-state index in [4.69, 9.17) is 0 Å². The Hall–Kier alpha value is -2.63. The van der Waals surface area contributed by atoms with Crippen LogP contribution < -0.4 is 9.62 Å². The first kappa shape index (κ1) is 22.6. The summed E-state index contributed by atoms with van der Waals surface area (Å²) in [5.41, 5.74) is 2.55. The number of nitrogens with zero attached hydrogens (tertiary/aromatic N) is 4. The Morgan fingerprint density at radius 3 is 2.75 bits per heavy atom. The molecule has 0 aliphatic carbocycles. The Labute approximate surface area is 189 Å². The highest BCUT2D eigenvalue weighted by Gasteiger charge is 2.30. The average molecular weight is 480 g/mol. The van der Waals surface area contributed by atoms with E-state index in [1.165, 1.54) is 34.0 Å². The number of likely N-dealkylation sites (tertiary alicyclic amines) is 1. The minimum absolute atomic E-state index is 0.0219. The van der Waals surface area contributed by atoms with Crippen LogP contribution in [0.4, 0.5) is 20.3 Å². The van der Waals surface area contributed by atoms with E-state index in [1.807, 2.05) is 18.2 Å². The molecule has 11 heteroatoms. The van der Waals surface area contributed by atoms with Gasteiger partial charge in [-0.15, -0.1) is 11.3 Å². The quantitative estimate of drug-likeness (QED) is 0.527. The molecule has 3 aromatic rings. The molecule has 0 radical (unpaired) electrons. The van der Waals surface area contributed by atoms with Gasteiger partial charge in [0.25, 0.3) is 16.4 Å². The van der Waals surface area contributed by atoms with Crippen LogP contribution in [0.2, 0.25) is 0 Å². The number of halogens is 2. The van der Waals surface area contributed by atoms with Crippen LogP contribution in [0, 0.1) is 0 Å². The maximum absolute atomic E-state index is 13.9. The molecule has 1 aliphatic rings. The van der Waals surface area contributed by atoms with Gasteiger partial charge in [-0.1, -0.05) is 30.3 Å². The number of aromatic nitrogens is 2. The Bertz CT molecular complexity index is 1140. The highest BCUT2D eigenvalue weighted by molar-refractivity contribution is 7.92. The van der Waals surface area contributed by atoms with E-state index in [0.717, 1.165) is 32.1 Å². The van der Waals surface area contributed by atoms with Crippen molar-refractivity contribution in [3.8, 4) is 0 Å². The number of likely N-dealkylation sites (N-methyl/N-ethyl adjacent to an activating group) is 1. The van der Waals surface area contributed by atoms with Gasteiger partial charge in [-0.25, -0.2) is 18.7 Å². The molecular weight excluding hydrogens is 456 g/mol. The first-order valence-electron chi connectivity index (χ1n) is 10.0. The Kier molecular flexibility index (Phi) is 6.68. The van der Waals surface area contributed by atoms with Crippen molar-refractivity contribution in [3.05, 3.63) is 64.6 Å². The largest absolute Gasteiger partial charge is 0.369 e. The van der Waals surface area contributed by atoms with E-state index >= 15 is 0 Å². The number of pyridine rings is 1. The second kappa shape index (κ2) is 9.47. The number of thiazole rings is 1. The van der Waals surface area contributed by atoms with Crippen molar-refractivity contribution in [1.82, 2.24) is 14.9 Å². The maximum atomic E-state index is 13.9. The fourth-order valence-corrected chi connectivity index (χ4v) is 5.35. The lowest BCUT2D eigenvalue weighted by Crippen LogP contribution is -2.35. The third-order valence-corrected chi connectivity index (χ3v) is 7.33. The van der Waals surface area contributed by atoms with Crippen molar-refractivity contribution in [2.24, 2.45) is 0 Å². The molecule has 1 saturated heterocycles. The third kappa shape index (κ3) is 5.05. The number of hydrogen-bond acceptors (Lipinski definition) is 7. The van der Waals surface area contributed by atoms with Crippen molar-refractivity contribution >= 4 is 32.9 Å². The number of rotatable bonds is 8. The first-order valence-corrected chi connectivity index (χ1v) is 12.4. The van der Waals surface area contributed by atoms with Crippen molar-refractivity contribution in [1.29, 1.82) is 0 Å². The normalized spacial score (nSPS) is 17.1. The molecule has 0 amide bonds. The second-order valence-corrected chi connectivity index (χ2v) is 9.98. The van der Waals surface area contributed by atoms with Crippen molar-refractivity contribution in [3.63, 3.8) is 0 Å². The summed E-state index contributed by atoms with van der Waals surface area (Å²) in [6.45, 7) is 2.37. The zero-order chi connectivity index (χ0) is 22.7. The lowest BCUT2D eigenvalue weighted by Gasteiger charge is -2.29. The molecule has 1 fully saturated rings. The van der Waals surface area contributed by atoms with E-state index in [0.29, 0.717) is 0 Å². The SMILES string of the molecule is CN(c1cnc(S(=O)(=O)Nc2cscn2)cc1C(F)F)C1CCN(Cc2ccccc2)C1. The third-order valence-electron chi connectivity index (χ3n) is 5.49. The second-order valence-electron chi connectivity index (χ2n) is 7.64. The predicted molar refractivity (Wildman–Crippen MR) is 121 cm³/mol. The van der Waals surface area contributed by atoms with Crippen LogP contribution >= 0.6 is 11.3 Å². The van der Waals surface area contributed by atoms with Gasteiger partial charge in [0.2, 0.25) is 0 Å². The van der Waals surface area contributed by atoms with Crippen molar-refractivity contribution < 1.29 is 17.2 Å². The molecule has 170 valence electrons. The van der Waals surface area contributed by atoms with Crippen LogP contribution in [-0.2, 0) is 16.6 Å². The summed E-state index contributed by atoms with van der Waals surface area (Å²) >= 11 is 1.22. The average Bonchev–Trinajstić information content (AvgIpc) is 3.45. The highest BCUT2D eigenvalue weighted by atomic mass is 32.2. The van der Waals surface area contributed by atoms with Gasteiger partial charge in [0.1, 0.15) is 0 Å². The van der Waals surface area contributed by atoms with Gasteiger partial charge in [-0.2, -0.15) is 8.42 Å². The van der Waals surface area contributed by atoms with Crippen LogP contribution in [0.5, 0.6) is 0 Å². The monoisotopic (exact) mass is 479 g/mol. The van der Waals surface area contributed by atoms with E-state index in [2.05, 4.69) is 31.7 Å². The molecule has 1 N–H and O–H groups in total. The molecule has 1 aliphatic heterocycles. The topological polar surface area (TPSA) is 78.4 Å². The van der Waals surface area contributed by atoms with E-state index in [1.54, 1.807) is 11.9 Å². The molecule has 3 heterocycles. The standard InChI is InChI=1S/C21H23F2N5O2S2/c1-27(16-7-8-28(12-16)11-15-5-3-2-4-6-15)18-10-24-20(9-17(18)21(22)23)32(29,30)26-19-13-31-14-25-19/h2-6,9-10,13-14,16,21,26H,7-8,11-12H2,1H3. The number of sulfonamides is 1. The molecule has 1 aromatic carbocycles. The maximum Gasteiger partial charge on any atom is 0.280 e. The number of anilines is 2. The Balaban J connectivity index is 1.51. The van der Waals surface area contributed by atoms with Gasteiger partial charge in [0.15, 0.2) is 10.8 Å². The van der Waals surface area contributed by atoms with E-state index in [-0.39, 0.29) is 23.1 Å². The Morgan fingerprint density at radius 1 is 1.28 bits per heavy atom. The van der Waals surface area contributed by atoms with Crippen molar-refractivity contribution in [2.75, 3.05) is 29.8 Å². The minimum Gasteiger partial charge on any atom is -0.369 e. The van der Waals surface area contributed by atoms with Crippen LogP contribution in [-0.4, -0.2) is 49.5 Å². The summed E-state index contributed by atoms with van der Waals surface area (Å²) in [4.78, 5) is 11.9. The molecule has 7 nitrogen and oxygen atoms in total. The molecule has 0 spiro atoms. The van der Waals surface area contributed by atoms with Crippen LogP contribution in [0.3, 0.4) is 0 Å². The lowest BCUT2D eigenvalue weighted by atomic mass is 10.1. The zero-order valence-electron chi connectivity index (χ0n) is 17.4. The fourth-order valence-electron chi connectivity index (χ4n) is 3.82. The lowest BCUT2D eigenvalue weighted by molar-refractivity contribution is 0.151. The summed E-state index contributed by atoms with van der Waals surface area (Å²) in [7, 11) is -2.37. The minimum atomic E-state index is -4.12. The summed E-state index contributed by atoms with van der Waals surface area (Å²) < 4.78 is 55.2. The van der Waals surface area contributed by atoms with Gasteiger partial charge in [-0.05, 0) is 18.1 Å². The number of alkyl halides is 2. The molecule has 2 aromatic heterocycles. The number of nitrogens with one attached hydrogen (secondary N) is 1. The van der Waals surface area contributed by atoms with E-state index < -0.39 is 21.5 Å². The Morgan fingerprint density at radius 2 is 2.06 bits per heavy atom. The van der Waals surface area contributed by atoms with E-state index in [9.17, 15) is 17.2 Å². The van der Waals surface area contributed by atoms with Gasteiger partial charge in [0, 0.05) is 43.7 Å². The molecule has 0 saturated carbocycles. The smallest absolute Gasteiger partial charge is 0.280 e. The molecule has 4 rings (SSSR count). The van der Waals surface area contributed by atoms with Gasteiger partial charge < -0.3 is 4.90 Å². The molecular formula is C21H23F2N5O2S2. The highest BCUT2D eigenvalue weighted by Crippen LogP contribution is 2.33. The summed E-state index contributed by atoms with van der Waals surface area (Å²) in [6.07, 6.45) is -0.806. The fraction of sp³-hybridized carbons (Fsp3) is 0.333. The first-order chi connectivity index (χ1) is 15.3. The summed E-state index contributed by atoms with van der Waals surface area (Å²) in [5.74, 6) is 0.126.